The predicted molar refractivity (Wildman–Crippen MR) is 75.4 cm³/mol. The maximum Gasteiger partial charge on any atom is -0.0242 e. The van der Waals surface area contributed by atoms with Gasteiger partial charge in [-0.15, -0.1) is 8.58 Å². The zero-order valence-corrected chi connectivity index (χ0v) is 12.9. The zero-order chi connectivity index (χ0) is 12.1. The minimum absolute atomic E-state index is 0.436. The highest BCUT2D eigenvalue weighted by Crippen LogP contribution is 2.42. The van der Waals surface area contributed by atoms with Crippen LogP contribution in [0, 0.1) is 10.8 Å². The summed E-state index contributed by atoms with van der Waals surface area (Å²) in [6, 6.07) is 0. The summed E-state index contributed by atoms with van der Waals surface area (Å²) in [4.78, 5) is 0. The molecule has 15 heavy (non-hydrogen) atoms. The van der Waals surface area contributed by atoms with Crippen molar-refractivity contribution in [2.75, 3.05) is 6.16 Å². The third kappa shape index (κ3) is 5.34. The number of rotatable bonds is 6. The standard InChI is InChI=1S/C14H31P/c1-8-12(9-2)15-11-10-14(6,7)13(3,4)5/h12,15H,8-11H2,1-7H3. The highest BCUT2D eigenvalue weighted by atomic mass is 31.1. The molecule has 92 valence electrons. The molecule has 0 radical (unpaired) electrons. The Morgan fingerprint density at radius 3 is 1.73 bits per heavy atom. The fraction of sp³-hybridized carbons (Fsp3) is 1.00. The molecule has 0 saturated heterocycles. The molecule has 0 aromatic rings. The SMILES string of the molecule is CCC(CC)PCCC(C)(C)C(C)(C)C. The summed E-state index contributed by atoms with van der Waals surface area (Å²) in [7, 11) is 1.18. The lowest BCUT2D eigenvalue weighted by Crippen LogP contribution is -2.30. The molecule has 0 rings (SSSR count). The summed E-state index contributed by atoms with van der Waals surface area (Å²) in [6.45, 7) is 16.6. The second kappa shape index (κ2) is 6.24. The molecule has 0 aliphatic rings. The van der Waals surface area contributed by atoms with Crippen LogP contribution in [0.3, 0.4) is 0 Å². The Morgan fingerprint density at radius 2 is 1.40 bits per heavy atom. The molecule has 0 aromatic carbocycles. The minimum Gasteiger partial charge on any atom is -0.119 e. The molecule has 0 aromatic heterocycles. The van der Waals surface area contributed by atoms with Gasteiger partial charge in [0, 0.05) is 0 Å². The van der Waals surface area contributed by atoms with Crippen LogP contribution in [0.2, 0.25) is 0 Å². The summed E-state index contributed by atoms with van der Waals surface area (Å²) >= 11 is 0. The molecule has 0 aliphatic carbocycles. The highest BCUT2D eigenvalue weighted by Gasteiger charge is 2.31. The first-order chi connectivity index (χ1) is 6.74. The van der Waals surface area contributed by atoms with Gasteiger partial charge in [-0.25, -0.2) is 0 Å². The van der Waals surface area contributed by atoms with Gasteiger partial charge in [0.2, 0.25) is 0 Å². The first kappa shape index (κ1) is 15.4. The van der Waals surface area contributed by atoms with E-state index in [1.54, 1.807) is 0 Å². The minimum atomic E-state index is 0.436. The fourth-order valence-corrected chi connectivity index (χ4v) is 3.30. The van der Waals surface area contributed by atoms with E-state index in [0.717, 1.165) is 5.66 Å². The Morgan fingerprint density at radius 1 is 0.933 bits per heavy atom. The van der Waals surface area contributed by atoms with Crippen LogP contribution in [0.25, 0.3) is 0 Å². The van der Waals surface area contributed by atoms with Crippen molar-refractivity contribution in [3.8, 4) is 0 Å². The van der Waals surface area contributed by atoms with Gasteiger partial charge >= 0.3 is 0 Å². The van der Waals surface area contributed by atoms with Gasteiger partial charge in [0.15, 0.2) is 0 Å². The Labute approximate surface area is 99.4 Å². The van der Waals surface area contributed by atoms with Crippen molar-refractivity contribution in [1.82, 2.24) is 0 Å². The van der Waals surface area contributed by atoms with Crippen LogP contribution in [-0.2, 0) is 0 Å². The maximum absolute atomic E-state index is 2.42. The molecule has 0 fully saturated rings. The van der Waals surface area contributed by atoms with Crippen LogP contribution in [0.4, 0.5) is 0 Å². The molecule has 0 heterocycles. The lowest BCUT2D eigenvalue weighted by molar-refractivity contribution is 0.128. The number of hydrogen-bond acceptors (Lipinski definition) is 0. The van der Waals surface area contributed by atoms with Gasteiger partial charge in [0.05, 0.1) is 0 Å². The first-order valence-electron chi connectivity index (χ1n) is 6.48. The quantitative estimate of drug-likeness (QED) is 0.542. The summed E-state index contributed by atoms with van der Waals surface area (Å²) < 4.78 is 0. The van der Waals surface area contributed by atoms with E-state index in [0.29, 0.717) is 10.8 Å². The average molecular weight is 230 g/mol. The monoisotopic (exact) mass is 230 g/mol. The van der Waals surface area contributed by atoms with Crippen LogP contribution in [0.1, 0.15) is 67.7 Å². The maximum atomic E-state index is 2.42. The normalized spacial score (nSPS) is 14.4. The molecular formula is C14H31P. The van der Waals surface area contributed by atoms with Gasteiger partial charge in [-0.1, -0.05) is 48.5 Å². The van der Waals surface area contributed by atoms with E-state index in [1.165, 1.54) is 34.0 Å². The summed E-state index contributed by atoms with van der Waals surface area (Å²) in [5.74, 6) is 0. The topological polar surface area (TPSA) is 0 Å². The van der Waals surface area contributed by atoms with E-state index in [-0.39, 0.29) is 0 Å². The molecule has 0 saturated carbocycles. The lowest BCUT2D eigenvalue weighted by Gasteiger charge is -2.39. The van der Waals surface area contributed by atoms with E-state index >= 15 is 0 Å². The molecule has 0 spiro atoms. The molecule has 1 atom stereocenters. The van der Waals surface area contributed by atoms with E-state index in [1.807, 2.05) is 0 Å². The largest absolute Gasteiger partial charge is 0.119 e. The van der Waals surface area contributed by atoms with Gasteiger partial charge in [-0.05, 0) is 41.9 Å². The Kier molecular flexibility index (Phi) is 6.41. The first-order valence-corrected chi connectivity index (χ1v) is 7.76. The van der Waals surface area contributed by atoms with Crippen molar-refractivity contribution in [3.63, 3.8) is 0 Å². The van der Waals surface area contributed by atoms with Crippen LogP contribution in [-0.4, -0.2) is 11.8 Å². The molecule has 1 unspecified atom stereocenters. The fourth-order valence-electron chi connectivity index (χ4n) is 1.54. The van der Waals surface area contributed by atoms with Gasteiger partial charge in [0.1, 0.15) is 0 Å². The summed E-state index contributed by atoms with van der Waals surface area (Å²) in [6.07, 6.45) is 5.54. The predicted octanol–water partition coefficient (Wildman–Crippen LogP) is 5.32. The van der Waals surface area contributed by atoms with Crippen LogP contribution < -0.4 is 0 Å². The van der Waals surface area contributed by atoms with Gasteiger partial charge in [-0.2, -0.15) is 0 Å². The van der Waals surface area contributed by atoms with Crippen molar-refractivity contribution in [2.45, 2.75) is 73.4 Å². The smallest absolute Gasteiger partial charge is 0.0242 e. The van der Waals surface area contributed by atoms with E-state index in [9.17, 15) is 0 Å². The molecule has 1 heteroatoms. The van der Waals surface area contributed by atoms with Crippen molar-refractivity contribution >= 4 is 8.58 Å². The summed E-state index contributed by atoms with van der Waals surface area (Å²) in [5.41, 5.74) is 1.90. The van der Waals surface area contributed by atoms with Crippen molar-refractivity contribution in [3.05, 3.63) is 0 Å². The van der Waals surface area contributed by atoms with Crippen LogP contribution in [0.15, 0.2) is 0 Å². The molecule has 0 amide bonds. The molecular weight excluding hydrogens is 199 g/mol. The molecule has 0 nitrogen and oxygen atoms in total. The van der Waals surface area contributed by atoms with Gasteiger partial charge in [-0.3, -0.25) is 0 Å². The van der Waals surface area contributed by atoms with Gasteiger partial charge < -0.3 is 0 Å². The lowest BCUT2D eigenvalue weighted by atomic mass is 9.68. The molecule has 0 N–H and O–H groups in total. The zero-order valence-electron chi connectivity index (χ0n) is 11.9. The van der Waals surface area contributed by atoms with E-state index in [2.05, 4.69) is 48.5 Å². The van der Waals surface area contributed by atoms with Crippen molar-refractivity contribution < 1.29 is 0 Å². The van der Waals surface area contributed by atoms with E-state index < -0.39 is 0 Å². The molecule has 0 bridgehead atoms. The Bertz CT molecular complexity index is 161. The highest BCUT2D eigenvalue weighted by molar-refractivity contribution is 7.38. The third-order valence-electron chi connectivity index (χ3n) is 4.20. The number of hydrogen-bond donors (Lipinski definition) is 0. The van der Waals surface area contributed by atoms with Crippen molar-refractivity contribution in [2.24, 2.45) is 10.8 Å². The molecule has 0 aliphatic heterocycles. The Hall–Kier alpha value is 0.430. The van der Waals surface area contributed by atoms with E-state index in [4.69, 9.17) is 0 Å². The van der Waals surface area contributed by atoms with Crippen molar-refractivity contribution in [1.29, 1.82) is 0 Å². The second-order valence-electron chi connectivity index (χ2n) is 6.35. The Balaban J connectivity index is 3.95. The third-order valence-corrected chi connectivity index (χ3v) is 6.13. The van der Waals surface area contributed by atoms with Crippen LogP contribution in [0.5, 0.6) is 0 Å². The van der Waals surface area contributed by atoms with Gasteiger partial charge in [0.25, 0.3) is 0 Å². The second-order valence-corrected chi connectivity index (χ2v) is 8.08. The van der Waals surface area contributed by atoms with Crippen LogP contribution >= 0.6 is 8.58 Å². The average Bonchev–Trinajstić information content (AvgIpc) is 2.10. The summed E-state index contributed by atoms with van der Waals surface area (Å²) in [5, 5.41) is 0.